The number of carbonyl (C=O) groups excluding carboxylic acids is 1. The summed E-state index contributed by atoms with van der Waals surface area (Å²) in [5, 5.41) is 3.02. The molecule has 0 bridgehead atoms. The fraction of sp³-hybridized carbons (Fsp3) is 0.536. The Morgan fingerprint density at radius 3 is 2.45 bits per heavy atom. The predicted molar refractivity (Wildman–Crippen MR) is 148 cm³/mol. The second-order valence-electron chi connectivity index (χ2n) is 11.0. The molecular weight excluding hydrogens is 506 g/mol. The van der Waals surface area contributed by atoms with Crippen molar-refractivity contribution < 1.29 is 13.6 Å². The Morgan fingerprint density at radius 1 is 1.05 bits per heavy atom. The van der Waals surface area contributed by atoms with E-state index in [0.29, 0.717) is 28.3 Å². The zero-order valence-electron chi connectivity index (χ0n) is 22.0. The molecule has 10 heteroatoms. The maximum Gasteiger partial charge on any atom is 0.258 e. The van der Waals surface area contributed by atoms with E-state index < -0.39 is 5.92 Å². The minimum atomic E-state index is -2.65. The minimum Gasteiger partial charge on any atom is -0.371 e. The molecule has 202 valence electrons. The first-order valence-corrected chi connectivity index (χ1v) is 14.5. The molecular formula is C28H34F2N6OS. The van der Waals surface area contributed by atoms with Crippen LogP contribution in [0.3, 0.4) is 0 Å². The van der Waals surface area contributed by atoms with Gasteiger partial charge >= 0.3 is 0 Å². The number of aryl methyl sites for hydroxylation is 1. The second kappa shape index (κ2) is 9.70. The van der Waals surface area contributed by atoms with E-state index in [2.05, 4.69) is 28.2 Å². The van der Waals surface area contributed by atoms with Crippen LogP contribution in [0.15, 0.2) is 35.6 Å². The number of rotatable bonds is 6. The summed E-state index contributed by atoms with van der Waals surface area (Å²) < 4.78 is 29.4. The molecule has 6 rings (SSSR count). The first-order valence-electron chi connectivity index (χ1n) is 13.6. The normalized spacial score (nSPS) is 20.2. The number of fused-ring (bicyclic) bond motifs is 1. The Morgan fingerprint density at radius 2 is 1.76 bits per heavy atom. The first kappa shape index (κ1) is 25.4. The molecule has 0 atom stereocenters. The van der Waals surface area contributed by atoms with E-state index in [9.17, 15) is 13.6 Å². The van der Waals surface area contributed by atoms with Crippen LogP contribution >= 0.6 is 11.8 Å². The molecule has 1 N–H and O–H groups in total. The van der Waals surface area contributed by atoms with Crippen molar-refractivity contribution in [1.29, 1.82) is 0 Å². The molecule has 4 heterocycles. The van der Waals surface area contributed by atoms with E-state index in [-0.39, 0.29) is 31.8 Å². The molecule has 2 aromatic heterocycles. The fourth-order valence-corrected chi connectivity index (χ4v) is 6.54. The van der Waals surface area contributed by atoms with Crippen molar-refractivity contribution in [2.24, 2.45) is 5.41 Å². The number of aromatic nitrogens is 3. The largest absolute Gasteiger partial charge is 0.371 e. The number of hydrogen-bond donors (Lipinski definition) is 1. The lowest BCUT2D eigenvalue weighted by Gasteiger charge is -2.35. The number of piperidine rings is 2. The van der Waals surface area contributed by atoms with Crippen molar-refractivity contribution in [1.82, 2.24) is 14.4 Å². The smallest absolute Gasteiger partial charge is 0.258 e. The number of halogens is 2. The number of hydrogen-bond acceptors (Lipinski definition) is 6. The number of thioether (sulfide) groups is 1. The van der Waals surface area contributed by atoms with Crippen molar-refractivity contribution in [3.8, 4) is 0 Å². The van der Waals surface area contributed by atoms with Crippen molar-refractivity contribution >= 4 is 40.6 Å². The van der Waals surface area contributed by atoms with Crippen LogP contribution < -0.4 is 15.1 Å². The van der Waals surface area contributed by atoms with Crippen LogP contribution in [0.5, 0.6) is 0 Å². The zero-order valence-corrected chi connectivity index (χ0v) is 22.8. The minimum absolute atomic E-state index is 0.191. The quantitative estimate of drug-likeness (QED) is 0.386. The van der Waals surface area contributed by atoms with Gasteiger partial charge in [-0.15, -0.1) is 11.8 Å². The topological polar surface area (TPSA) is 65.8 Å². The lowest BCUT2D eigenvalue weighted by Crippen LogP contribution is -2.40. The van der Waals surface area contributed by atoms with Crippen LogP contribution in [-0.2, 0) is 0 Å². The second-order valence-corrected chi connectivity index (χ2v) is 12.3. The van der Waals surface area contributed by atoms with Crippen LogP contribution in [0.1, 0.15) is 61.4 Å². The third-order valence-electron chi connectivity index (χ3n) is 8.35. The van der Waals surface area contributed by atoms with Crippen LogP contribution in [0, 0.1) is 12.3 Å². The molecule has 3 aliphatic rings. The number of anilines is 3. The van der Waals surface area contributed by atoms with E-state index in [4.69, 9.17) is 4.98 Å². The molecule has 2 saturated heterocycles. The summed E-state index contributed by atoms with van der Waals surface area (Å²) in [4.78, 5) is 28.3. The fourth-order valence-electron chi connectivity index (χ4n) is 5.75. The highest BCUT2D eigenvalue weighted by atomic mass is 32.2. The lowest BCUT2D eigenvalue weighted by atomic mass is 9.93. The number of nitrogens with zero attached hydrogens (tertiary/aromatic N) is 5. The van der Waals surface area contributed by atoms with Gasteiger partial charge in [-0.05, 0) is 61.5 Å². The van der Waals surface area contributed by atoms with Gasteiger partial charge in [0.1, 0.15) is 0 Å². The monoisotopic (exact) mass is 540 g/mol. The number of alkyl halides is 2. The molecule has 0 unspecified atom stereocenters. The molecule has 3 fully saturated rings. The van der Waals surface area contributed by atoms with Gasteiger partial charge in [0.2, 0.25) is 0 Å². The van der Waals surface area contributed by atoms with Crippen LogP contribution in [-0.4, -0.2) is 58.1 Å². The van der Waals surface area contributed by atoms with Gasteiger partial charge in [0.05, 0.1) is 17.4 Å². The average molecular weight is 541 g/mol. The van der Waals surface area contributed by atoms with Crippen molar-refractivity contribution in [2.75, 3.05) is 47.0 Å². The van der Waals surface area contributed by atoms with Gasteiger partial charge in [0.25, 0.3) is 11.8 Å². The average Bonchev–Trinajstić information content (AvgIpc) is 3.47. The van der Waals surface area contributed by atoms with Crippen LogP contribution in [0.25, 0.3) is 5.65 Å². The molecule has 2 aliphatic heterocycles. The van der Waals surface area contributed by atoms with Gasteiger partial charge in [0, 0.05) is 56.3 Å². The van der Waals surface area contributed by atoms with Crippen molar-refractivity contribution in [2.45, 2.75) is 63.2 Å². The molecule has 7 nitrogen and oxygen atoms in total. The van der Waals surface area contributed by atoms with E-state index in [0.717, 1.165) is 30.1 Å². The summed E-state index contributed by atoms with van der Waals surface area (Å²) >= 11 is 1.80. The summed E-state index contributed by atoms with van der Waals surface area (Å²) in [6.07, 6.45) is 9.73. The lowest BCUT2D eigenvalue weighted by molar-refractivity contribution is -0.0221. The molecule has 1 spiro atoms. The number of benzene rings is 1. The summed E-state index contributed by atoms with van der Waals surface area (Å²) in [7, 11) is 0. The Kier molecular flexibility index (Phi) is 6.48. The Hall–Kier alpha value is -2.88. The molecule has 0 radical (unpaired) electrons. The van der Waals surface area contributed by atoms with Gasteiger partial charge in [-0.3, -0.25) is 4.79 Å². The summed E-state index contributed by atoms with van der Waals surface area (Å²) in [5.74, 6) is -1.02. The number of amides is 1. The Bertz CT molecular complexity index is 1350. The van der Waals surface area contributed by atoms with Gasteiger partial charge in [-0.1, -0.05) is 6.92 Å². The van der Waals surface area contributed by atoms with E-state index >= 15 is 0 Å². The Balaban J connectivity index is 1.30. The predicted octanol–water partition coefficient (Wildman–Crippen LogP) is 6.02. The number of imidazole rings is 1. The van der Waals surface area contributed by atoms with Crippen molar-refractivity contribution in [3.05, 3.63) is 41.9 Å². The Labute approximate surface area is 226 Å². The maximum absolute atomic E-state index is 13.8. The van der Waals surface area contributed by atoms with Crippen LogP contribution in [0.2, 0.25) is 0 Å². The third kappa shape index (κ3) is 4.95. The summed E-state index contributed by atoms with van der Waals surface area (Å²) in [6.45, 7) is 6.49. The molecule has 3 aromatic rings. The number of carbonyl (C=O) groups is 1. The molecule has 38 heavy (non-hydrogen) atoms. The molecule has 1 amide bonds. The van der Waals surface area contributed by atoms with Gasteiger partial charge in [0.15, 0.2) is 17.3 Å². The van der Waals surface area contributed by atoms with E-state index in [1.54, 1.807) is 34.8 Å². The third-order valence-corrected chi connectivity index (χ3v) is 9.39. The van der Waals surface area contributed by atoms with Gasteiger partial charge in [-0.25, -0.2) is 18.7 Å². The highest BCUT2D eigenvalue weighted by Gasteiger charge is 2.44. The molecule has 1 saturated carbocycles. The molecule has 1 aromatic carbocycles. The molecule has 1 aliphatic carbocycles. The highest BCUT2D eigenvalue weighted by Crippen LogP contribution is 2.54. The maximum atomic E-state index is 13.8. The highest BCUT2D eigenvalue weighted by molar-refractivity contribution is 7.99. The standard InChI is InChI=1S/C28H34F2N6OS/c1-3-38-22-17-21(34-11-6-27(4-5-27)7-12-34)20(16-19(22)2)26(37)33-23-18-36-15-10-31-24(36)25(32-23)35-13-8-28(29,30)9-14-35/h10,15-18H,3-9,11-14H2,1-2H3,(H,33,37). The van der Waals surface area contributed by atoms with Crippen LogP contribution in [0.4, 0.5) is 26.1 Å². The van der Waals surface area contributed by atoms with Gasteiger partial charge in [-0.2, -0.15) is 0 Å². The SMILES string of the molecule is CCSc1cc(N2CCC3(CC2)CC3)c(C(=O)Nc2cn3ccnc3c(N3CCC(F)(F)CC3)n2)cc1C. The number of nitrogens with one attached hydrogen (secondary N) is 1. The first-order chi connectivity index (χ1) is 18.3. The van der Waals surface area contributed by atoms with Gasteiger partial charge < -0.3 is 19.5 Å². The summed E-state index contributed by atoms with van der Waals surface area (Å²) in [6, 6.07) is 4.17. The van der Waals surface area contributed by atoms with E-state index in [1.807, 2.05) is 17.9 Å². The zero-order chi connectivity index (χ0) is 26.5. The van der Waals surface area contributed by atoms with E-state index in [1.165, 1.54) is 30.6 Å². The van der Waals surface area contributed by atoms with Crippen molar-refractivity contribution in [3.63, 3.8) is 0 Å². The summed E-state index contributed by atoms with van der Waals surface area (Å²) in [5.41, 5.74) is 3.83.